The molecule has 0 fully saturated rings. The number of hydrogen-bond acceptors (Lipinski definition) is 1. The lowest BCUT2D eigenvalue weighted by Gasteiger charge is -2.06. The number of aromatic carboxylic acids is 1. The number of fused-ring (bicyclic) bond motifs is 3. The van der Waals surface area contributed by atoms with E-state index in [1.54, 1.807) is 6.07 Å². The predicted molar refractivity (Wildman–Crippen MR) is 77.9 cm³/mol. The third-order valence-corrected chi connectivity index (χ3v) is 4.01. The molecular formula is C17H12NO2+. The van der Waals surface area contributed by atoms with Crippen molar-refractivity contribution in [3.63, 3.8) is 0 Å². The molecule has 3 aromatic carbocycles. The predicted octanol–water partition coefficient (Wildman–Crippen LogP) is 3.06. The van der Waals surface area contributed by atoms with Crippen molar-refractivity contribution in [3.05, 3.63) is 54.1 Å². The van der Waals surface area contributed by atoms with Crippen LogP contribution in [0.4, 0.5) is 5.69 Å². The average molecular weight is 262 g/mol. The van der Waals surface area contributed by atoms with Crippen LogP contribution in [0.2, 0.25) is 0 Å². The van der Waals surface area contributed by atoms with Crippen LogP contribution in [0, 0.1) is 0 Å². The van der Waals surface area contributed by atoms with Gasteiger partial charge < -0.3 is 10.8 Å². The molecule has 0 saturated heterocycles. The topological polar surface area (TPSA) is 64.9 Å². The molecule has 1 aliphatic rings. The summed E-state index contributed by atoms with van der Waals surface area (Å²) in [5.74, 6) is -0.928. The highest BCUT2D eigenvalue weighted by Crippen LogP contribution is 2.48. The Labute approximate surface area is 115 Å². The van der Waals surface area contributed by atoms with Gasteiger partial charge in [-0.1, -0.05) is 36.4 Å². The molecule has 0 aliphatic heterocycles. The molecule has 0 radical (unpaired) electrons. The smallest absolute Gasteiger partial charge is 0.341 e. The Morgan fingerprint density at radius 3 is 2.25 bits per heavy atom. The number of carbonyl (C=O) groups is 1. The first-order valence-electron chi connectivity index (χ1n) is 6.43. The molecule has 4 rings (SSSR count). The van der Waals surface area contributed by atoms with Gasteiger partial charge in [0.15, 0.2) is 5.69 Å². The van der Waals surface area contributed by atoms with Crippen LogP contribution in [-0.4, -0.2) is 11.1 Å². The first kappa shape index (κ1) is 11.2. The molecule has 4 N–H and O–H groups in total. The fourth-order valence-corrected chi connectivity index (χ4v) is 3.12. The molecule has 20 heavy (non-hydrogen) atoms. The minimum atomic E-state index is -0.928. The van der Waals surface area contributed by atoms with Gasteiger partial charge in [0, 0.05) is 10.8 Å². The fourth-order valence-electron chi connectivity index (χ4n) is 3.12. The molecule has 0 spiro atoms. The molecule has 0 saturated carbocycles. The van der Waals surface area contributed by atoms with Crippen molar-refractivity contribution < 1.29 is 15.6 Å². The number of carboxylic acids is 1. The Kier molecular flexibility index (Phi) is 2.06. The van der Waals surface area contributed by atoms with Crippen molar-refractivity contribution in [2.24, 2.45) is 0 Å². The summed E-state index contributed by atoms with van der Waals surface area (Å²) in [7, 11) is 0. The number of benzene rings is 3. The highest BCUT2D eigenvalue weighted by Gasteiger charge is 2.26. The number of rotatable bonds is 1. The molecule has 0 atom stereocenters. The Balaban J connectivity index is 2.25. The molecule has 0 aromatic heterocycles. The van der Waals surface area contributed by atoms with Crippen LogP contribution in [0.1, 0.15) is 10.4 Å². The summed E-state index contributed by atoms with van der Waals surface area (Å²) in [6.07, 6.45) is 0. The summed E-state index contributed by atoms with van der Waals surface area (Å²) in [6.45, 7) is 0. The molecule has 0 unspecified atom stereocenters. The molecule has 0 heterocycles. The summed E-state index contributed by atoms with van der Waals surface area (Å²) in [5.41, 5.74) is 9.25. The van der Waals surface area contributed by atoms with E-state index in [0.717, 1.165) is 33.0 Å². The average Bonchev–Trinajstić information content (AvgIpc) is 2.78. The van der Waals surface area contributed by atoms with E-state index in [-0.39, 0.29) is 5.56 Å². The first-order chi connectivity index (χ1) is 9.68. The maximum absolute atomic E-state index is 11.4. The summed E-state index contributed by atoms with van der Waals surface area (Å²) >= 11 is 0. The molecular weight excluding hydrogens is 250 g/mol. The van der Waals surface area contributed by atoms with Crippen LogP contribution in [0.25, 0.3) is 33.0 Å². The Hall–Kier alpha value is -2.65. The van der Waals surface area contributed by atoms with Gasteiger partial charge in [-0.05, 0) is 34.4 Å². The summed E-state index contributed by atoms with van der Waals surface area (Å²) in [5, 5.41) is 11.4. The highest BCUT2D eigenvalue weighted by molar-refractivity contribution is 6.20. The van der Waals surface area contributed by atoms with Crippen molar-refractivity contribution in [2.45, 2.75) is 0 Å². The third-order valence-electron chi connectivity index (χ3n) is 4.01. The van der Waals surface area contributed by atoms with Crippen molar-refractivity contribution in [1.82, 2.24) is 0 Å². The Morgan fingerprint density at radius 2 is 1.55 bits per heavy atom. The lowest BCUT2D eigenvalue weighted by molar-refractivity contribution is -0.252. The third kappa shape index (κ3) is 1.25. The van der Waals surface area contributed by atoms with Gasteiger partial charge in [-0.25, -0.2) is 4.79 Å². The molecule has 1 aliphatic carbocycles. The van der Waals surface area contributed by atoms with Gasteiger partial charge in [0.2, 0.25) is 0 Å². The van der Waals surface area contributed by atoms with Crippen LogP contribution in [0.15, 0.2) is 48.5 Å². The maximum Gasteiger partial charge on any atom is 0.341 e. The number of quaternary nitrogens is 1. The lowest BCUT2D eigenvalue weighted by Crippen LogP contribution is -2.42. The van der Waals surface area contributed by atoms with Gasteiger partial charge in [0.05, 0.1) is 0 Å². The monoisotopic (exact) mass is 262 g/mol. The fraction of sp³-hybridized carbons (Fsp3) is 0. The van der Waals surface area contributed by atoms with Gasteiger partial charge in [0.25, 0.3) is 0 Å². The van der Waals surface area contributed by atoms with E-state index in [1.165, 1.54) is 0 Å². The molecule has 3 aromatic rings. The molecule has 3 heteroatoms. The standard InChI is InChI=1S/C17H11NO2/c18-16-12-7-3-6-11-9-4-1-2-5-10(9)13(15(11)12)8-14(16)17(19)20/h1-8H,18H2,(H,19,20)/p+1. The van der Waals surface area contributed by atoms with Crippen LogP contribution < -0.4 is 5.73 Å². The lowest BCUT2D eigenvalue weighted by atomic mass is 9.98. The molecule has 3 nitrogen and oxygen atoms in total. The van der Waals surface area contributed by atoms with E-state index in [1.807, 2.05) is 30.3 Å². The quantitative estimate of drug-likeness (QED) is 0.553. The zero-order valence-corrected chi connectivity index (χ0v) is 10.7. The zero-order chi connectivity index (χ0) is 13.9. The van der Waals surface area contributed by atoms with Crippen LogP contribution in [0.3, 0.4) is 0 Å². The van der Waals surface area contributed by atoms with Gasteiger partial charge in [-0.15, -0.1) is 0 Å². The maximum atomic E-state index is 11.4. The number of hydrogen-bond donors (Lipinski definition) is 2. The largest absolute Gasteiger partial charge is 0.477 e. The van der Waals surface area contributed by atoms with E-state index in [0.29, 0.717) is 5.69 Å². The van der Waals surface area contributed by atoms with E-state index in [2.05, 4.69) is 17.9 Å². The second kappa shape index (κ2) is 3.68. The van der Waals surface area contributed by atoms with Crippen molar-refractivity contribution in [2.75, 3.05) is 0 Å². The Bertz CT molecular complexity index is 897. The van der Waals surface area contributed by atoms with Gasteiger partial charge in [-0.2, -0.15) is 0 Å². The Morgan fingerprint density at radius 1 is 0.900 bits per heavy atom. The van der Waals surface area contributed by atoms with Gasteiger partial charge in [0.1, 0.15) is 5.56 Å². The van der Waals surface area contributed by atoms with Crippen LogP contribution in [-0.2, 0) is 0 Å². The van der Waals surface area contributed by atoms with Gasteiger partial charge in [-0.3, -0.25) is 0 Å². The highest BCUT2D eigenvalue weighted by atomic mass is 16.4. The van der Waals surface area contributed by atoms with Crippen LogP contribution in [0.5, 0.6) is 0 Å². The normalized spacial score (nSPS) is 11.7. The van der Waals surface area contributed by atoms with E-state index >= 15 is 0 Å². The second-order valence-corrected chi connectivity index (χ2v) is 5.03. The van der Waals surface area contributed by atoms with Crippen molar-refractivity contribution >= 4 is 22.4 Å². The van der Waals surface area contributed by atoms with Crippen molar-refractivity contribution in [3.8, 4) is 22.3 Å². The summed E-state index contributed by atoms with van der Waals surface area (Å²) in [6, 6.07) is 15.8. The van der Waals surface area contributed by atoms with E-state index in [9.17, 15) is 9.90 Å². The van der Waals surface area contributed by atoms with Crippen molar-refractivity contribution in [1.29, 1.82) is 0 Å². The first-order valence-corrected chi connectivity index (χ1v) is 6.43. The minimum absolute atomic E-state index is 0.279. The molecule has 0 bridgehead atoms. The van der Waals surface area contributed by atoms with Crippen LogP contribution >= 0.6 is 0 Å². The second-order valence-electron chi connectivity index (χ2n) is 5.03. The SMILES string of the molecule is [NH3+]c1c(C(=O)O)cc2c3c(cccc13)-c1ccccc1-2. The molecule has 96 valence electrons. The van der Waals surface area contributed by atoms with Gasteiger partial charge >= 0.3 is 5.97 Å². The minimum Gasteiger partial charge on any atom is -0.477 e. The summed E-state index contributed by atoms with van der Waals surface area (Å²) < 4.78 is 0. The zero-order valence-electron chi connectivity index (χ0n) is 10.7. The molecule has 0 amide bonds. The number of carboxylic acid groups (broad SMARTS) is 1. The van der Waals surface area contributed by atoms with E-state index < -0.39 is 5.97 Å². The van der Waals surface area contributed by atoms with E-state index in [4.69, 9.17) is 0 Å². The summed E-state index contributed by atoms with van der Waals surface area (Å²) in [4.78, 5) is 11.4.